The monoisotopic (exact) mass is 471 g/mol. The van der Waals surface area contributed by atoms with Crippen molar-refractivity contribution in [3.63, 3.8) is 0 Å². The number of anilines is 1. The first-order chi connectivity index (χ1) is 16.6. The van der Waals surface area contributed by atoms with Crippen LogP contribution in [0.5, 0.6) is 5.75 Å². The van der Waals surface area contributed by atoms with Crippen LogP contribution in [-0.4, -0.2) is 26.6 Å². The molecule has 5 rings (SSSR count). The lowest BCUT2D eigenvalue weighted by Crippen LogP contribution is -2.20. The van der Waals surface area contributed by atoms with Gasteiger partial charge in [-0.15, -0.1) is 0 Å². The van der Waals surface area contributed by atoms with Gasteiger partial charge in [-0.2, -0.15) is 0 Å². The maximum Gasteiger partial charge on any atom is 0.262 e. The Balaban J connectivity index is 1.19. The minimum absolute atomic E-state index is 0.267. The fourth-order valence-electron chi connectivity index (χ4n) is 4.03. The highest BCUT2D eigenvalue weighted by atomic mass is 32.2. The van der Waals surface area contributed by atoms with Gasteiger partial charge in [0.2, 0.25) is 0 Å². The van der Waals surface area contributed by atoms with Crippen LogP contribution in [0, 0.1) is 0 Å². The fraction of sp³-hybridized carbons (Fsp3) is 0.111. The van der Waals surface area contributed by atoms with Crippen LogP contribution < -0.4 is 14.8 Å². The minimum atomic E-state index is -3.72. The summed E-state index contributed by atoms with van der Waals surface area (Å²) in [5, 5.41) is 6.00. The summed E-state index contributed by atoms with van der Waals surface area (Å²) in [6.45, 7) is 1.78. The first kappa shape index (κ1) is 22.0. The molecule has 5 aromatic rings. The van der Waals surface area contributed by atoms with Crippen LogP contribution in [0.15, 0.2) is 102 Å². The lowest BCUT2D eigenvalue weighted by atomic mass is 10.1. The van der Waals surface area contributed by atoms with Crippen LogP contribution in [0.4, 0.5) is 5.69 Å². The molecule has 0 amide bonds. The molecule has 0 bridgehead atoms. The summed E-state index contributed by atoms with van der Waals surface area (Å²) >= 11 is 0. The summed E-state index contributed by atoms with van der Waals surface area (Å²) in [5.41, 5.74) is 2.56. The molecular formula is C27H25N3O3S. The zero-order chi connectivity index (χ0) is 23.4. The van der Waals surface area contributed by atoms with E-state index in [4.69, 9.17) is 4.74 Å². The third-order valence-electron chi connectivity index (χ3n) is 5.64. The molecular weight excluding hydrogens is 446 g/mol. The van der Waals surface area contributed by atoms with Crippen molar-refractivity contribution in [3.05, 3.63) is 103 Å². The molecule has 1 heterocycles. The van der Waals surface area contributed by atoms with E-state index in [1.165, 1.54) is 0 Å². The van der Waals surface area contributed by atoms with Crippen LogP contribution in [0.3, 0.4) is 0 Å². The van der Waals surface area contributed by atoms with E-state index in [1.54, 1.807) is 18.2 Å². The van der Waals surface area contributed by atoms with Crippen molar-refractivity contribution in [2.45, 2.75) is 11.4 Å². The number of hydrogen-bond acceptors (Lipinski definition) is 4. The number of hydrogen-bond donors (Lipinski definition) is 3. The van der Waals surface area contributed by atoms with E-state index in [1.807, 2.05) is 79.0 Å². The number of sulfonamides is 1. The average Bonchev–Trinajstić information content (AvgIpc) is 3.33. The van der Waals surface area contributed by atoms with Gasteiger partial charge in [0.05, 0.1) is 4.90 Å². The van der Waals surface area contributed by atoms with Crippen molar-refractivity contribution in [1.29, 1.82) is 0 Å². The van der Waals surface area contributed by atoms with Gasteiger partial charge in [-0.3, -0.25) is 4.72 Å². The highest BCUT2D eigenvalue weighted by molar-refractivity contribution is 7.93. The zero-order valence-electron chi connectivity index (χ0n) is 18.5. The van der Waals surface area contributed by atoms with Crippen molar-refractivity contribution in [3.8, 4) is 5.75 Å². The Hall–Kier alpha value is -3.81. The number of nitrogens with one attached hydrogen (secondary N) is 3. The molecule has 0 atom stereocenters. The Labute approximate surface area is 198 Å². The molecule has 0 aliphatic rings. The van der Waals surface area contributed by atoms with Crippen LogP contribution in [-0.2, 0) is 16.6 Å². The first-order valence-electron chi connectivity index (χ1n) is 11.1. The van der Waals surface area contributed by atoms with Gasteiger partial charge < -0.3 is 15.0 Å². The predicted octanol–water partition coefficient (Wildman–Crippen LogP) is 5.29. The standard InChI is InChI=1S/C27H25N3O3S/c31-34(32,27-13-4-8-21-7-1-2-10-23(21)27)30-22-9-3-6-20(18-22)19-28-16-17-33-26-12-5-11-25-24(26)14-15-29-25/h1-15,18,28-30H,16-17,19H2. The summed E-state index contributed by atoms with van der Waals surface area (Å²) in [6.07, 6.45) is 1.90. The molecule has 3 N–H and O–H groups in total. The molecule has 4 aromatic carbocycles. The van der Waals surface area contributed by atoms with Crippen molar-refractivity contribution < 1.29 is 13.2 Å². The second kappa shape index (κ2) is 9.59. The average molecular weight is 472 g/mol. The Morgan fingerprint density at radius 2 is 1.65 bits per heavy atom. The third kappa shape index (κ3) is 4.76. The highest BCUT2D eigenvalue weighted by Gasteiger charge is 2.17. The van der Waals surface area contributed by atoms with Crippen LogP contribution >= 0.6 is 0 Å². The molecule has 0 aliphatic heterocycles. The highest BCUT2D eigenvalue weighted by Crippen LogP contribution is 2.26. The van der Waals surface area contributed by atoms with E-state index in [-0.39, 0.29) is 4.90 Å². The third-order valence-corrected chi connectivity index (χ3v) is 7.08. The second-order valence-electron chi connectivity index (χ2n) is 8.00. The molecule has 7 heteroatoms. The molecule has 0 fully saturated rings. The molecule has 6 nitrogen and oxygen atoms in total. The van der Waals surface area contributed by atoms with Crippen LogP contribution in [0.2, 0.25) is 0 Å². The number of ether oxygens (including phenoxy) is 1. The van der Waals surface area contributed by atoms with E-state index < -0.39 is 10.0 Å². The SMILES string of the molecule is O=S(=O)(Nc1cccc(CNCCOc2cccc3[nH]ccc23)c1)c1cccc2ccccc12. The quantitative estimate of drug-likeness (QED) is 0.255. The van der Waals surface area contributed by atoms with Gasteiger partial charge in [0.25, 0.3) is 10.0 Å². The Morgan fingerprint density at radius 3 is 2.59 bits per heavy atom. The van der Waals surface area contributed by atoms with E-state index in [0.717, 1.165) is 27.6 Å². The second-order valence-corrected chi connectivity index (χ2v) is 9.65. The maximum absolute atomic E-state index is 13.1. The van der Waals surface area contributed by atoms with Crippen molar-refractivity contribution >= 4 is 37.4 Å². The molecule has 0 spiro atoms. The summed E-state index contributed by atoms with van der Waals surface area (Å²) in [7, 11) is -3.72. The summed E-state index contributed by atoms with van der Waals surface area (Å²) in [6, 6.07) is 28.1. The Kier molecular flexibility index (Phi) is 6.20. The van der Waals surface area contributed by atoms with Gasteiger partial charge in [0.15, 0.2) is 0 Å². The molecule has 0 unspecified atom stereocenters. The number of aromatic nitrogens is 1. The van der Waals surface area contributed by atoms with E-state index in [9.17, 15) is 8.42 Å². The topological polar surface area (TPSA) is 83.2 Å². The molecule has 34 heavy (non-hydrogen) atoms. The normalized spacial score (nSPS) is 11.6. The Bertz CT molecular complexity index is 1540. The van der Waals surface area contributed by atoms with Gasteiger partial charge in [-0.05, 0) is 47.3 Å². The first-order valence-corrected chi connectivity index (χ1v) is 12.6. The zero-order valence-corrected chi connectivity index (χ0v) is 19.3. The van der Waals surface area contributed by atoms with Gasteiger partial charge in [-0.25, -0.2) is 8.42 Å². The van der Waals surface area contributed by atoms with Crippen molar-refractivity contribution in [2.75, 3.05) is 17.9 Å². The van der Waals surface area contributed by atoms with Gasteiger partial charge in [0, 0.05) is 41.3 Å². The van der Waals surface area contributed by atoms with E-state index in [0.29, 0.717) is 30.8 Å². The van der Waals surface area contributed by atoms with Crippen molar-refractivity contribution in [2.24, 2.45) is 0 Å². The van der Waals surface area contributed by atoms with Crippen LogP contribution in [0.1, 0.15) is 5.56 Å². The van der Waals surface area contributed by atoms with Gasteiger partial charge in [0.1, 0.15) is 12.4 Å². The largest absolute Gasteiger partial charge is 0.492 e. The lowest BCUT2D eigenvalue weighted by Gasteiger charge is -2.12. The lowest BCUT2D eigenvalue weighted by molar-refractivity contribution is 0.317. The minimum Gasteiger partial charge on any atom is -0.492 e. The summed E-state index contributed by atoms with van der Waals surface area (Å²) in [5.74, 6) is 0.852. The van der Waals surface area contributed by atoms with Crippen LogP contribution in [0.25, 0.3) is 21.7 Å². The molecule has 172 valence electrons. The van der Waals surface area contributed by atoms with E-state index >= 15 is 0 Å². The number of benzene rings is 4. The molecule has 1 aromatic heterocycles. The van der Waals surface area contributed by atoms with Crippen molar-refractivity contribution in [1.82, 2.24) is 10.3 Å². The smallest absolute Gasteiger partial charge is 0.262 e. The molecule has 0 radical (unpaired) electrons. The fourth-order valence-corrected chi connectivity index (χ4v) is 5.31. The number of aromatic amines is 1. The number of rotatable bonds is 9. The maximum atomic E-state index is 13.1. The number of H-pyrrole nitrogens is 1. The predicted molar refractivity (Wildman–Crippen MR) is 137 cm³/mol. The van der Waals surface area contributed by atoms with E-state index in [2.05, 4.69) is 15.0 Å². The Morgan fingerprint density at radius 1 is 0.824 bits per heavy atom. The summed E-state index contributed by atoms with van der Waals surface area (Å²) in [4.78, 5) is 3.45. The van der Waals surface area contributed by atoms with Gasteiger partial charge in [-0.1, -0.05) is 54.6 Å². The summed E-state index contributed by atoms with van der Waals surface area (Å²) < 4.78 is 34.8. The molecule has 0 saturated carbocycles. The molecule has 0 saturated heterocycles. The molecule has 0 aliphatic carbocycles. The number of fused-ring (bicyclic) bond motifs is 2. The van der Waals surface area contributed by atoms with Gasteiger partial charge >= 0.3 is 0 Å².